The van der Waals surface area contributed by atoms with Gasteiger partial charge in [-0.15, -0.1) is 11.3 Å². The van der Waals surface area contributed by atoms with Crippen LogP contribution in [0.4, 0.5) is 0 Å². The van der Waals surface area contributed by atoms with Crippen LogP contribution in [-0.2, 0) is 6.54 Å². The van der Waals surface area contributed by atoms with E-state index < -0.39 is 6.10 Å². The van der Waals surface area contributed by atoms with Gasteiger partial charge in [0.05, 0.1) is 18.3 Å². The molecule has 30 heavy (non-hydrogen) atoms. The number of fused-ring (bicyclic) bond motifs is 1. The summed E-state index contributed by atoms with van der Waals surface area (Å²) < 4.78 is 7.13. The van der Waals surface area contributed by atoms with Crippen molar-refractivity contribution in [2.75, 3.05) is 6.61 Å². The molecule has 0 saturated heterocycles. The smallest absolute Gasteiger partial charge is 0.262 e. The van der Waals surface area contributed by atoms with E-state index in [9.17, 15) is 9.90 Å². The Hall–Kier alpha value is -2.96. The van der Waals surface area contributed by atoms with Gasteiger partial charge in [-0.05, 0) is 55.2 Å². The monoisotopic (exact) mass is 420 g/mol. The second kappa shape index (κ2) is 8.42. The van der Waals surface area contributed by atoms with Crippen molar-refractivity contribution in [1.29, 1.82) is 0 Å². The molecule has 4 rings (SSSR count). The molecule has 0 bridgehead atoms. The van der Waals surface area contributed by atoms with Gasteiger partial charge >= 0.3 is 0 Å². The third-order valence-corrected chi connectivity index (χ3v) is 6.10. The van der Waals surface area contributed by atoms with E-state index in [0.717, 1.165) is 16.7 Å². The number of aliphatic hydroxyl groups excluding tert-OH is 1. The highest BCUT2D eigenvalue weighted by atomic mass is 32.1. The molecule has 1 N–H and O–H groups in total. The summed E-state index contributed by atoms with van der Waals surface area (Å²) in [5.74, 6) is 0.699. The van der Waals surface area contributed by atoms with Crippen LogP contribution < -0.4 is 10.3 Å². The van der Waals surface area contributed by atoms with E-state index in [-0.39, 0.29) is 18.7 Å². The minimum atomic E-state index is -0.828. The number of benzene rings is 2. The molecule has 6 heteroatoms. The predicted molar refractivity (Wildman–Crippen MR) is 121 cm³/mol. The van der Waals surface area contributed by atoms with Gasteiger partial charge in [0.1, 0.15) is 23.3 Å². The Balaban J connectivity index is 1.58. The molecule has 0 fully saturated rings. The van der Waals surface area contributed by atoms with E-state index in [4.69, 9.17) is 4.74 Å². The summed E-state index contributed by atoms with van der Waals surface area (Å²) in [5, 5.41) is 13.0. The molecule has 0 aliphatic rings. The topological polar surface area (TPSA) is 64.3 Å². The highest BCUT2D eigenvalue weighted by Crippen LogP contribution is 2.31. The summed E-state index contributed by atoms with van der Waals surface area (Å²) in [5.41, 5.74) is 5.22. The summed E-state index contributed by atoms with van der Waals surface area (Å²) >= 11 is 1.46. The molecule has 0 saturated carbocycles. The lowest BCUT2D eigenvalue weighted by Gasteiger charge is -2.14. The van der Waals surface area contributed by atoms with Crippen LogP contribution in [0.15, 0.2) is 59.0 Å². The van der Waals surface area contributed by atoms with Crippen LogP contribution in [0, 0.1) is 20.8 Å². The second-order valence-electron chi connectivity index (χ2n) is 7.61. The van der Waals surface area contributed by atoms with Gasteiger partial charge in [-0.1, -0.05) is 30.3 Å². The average Bonchev–Trinajstić information content (AvgIpc) is 3.16. The number of hydrogen-bond acceptors (Lipinski definition) is 5. The molecule has 0 aliphatic heterocycles. The van der Waals surface area contributed by atoms with Gasteiger partial charge in [0.15, 0.2) is 0 Å². The maximum atomic E-state index is 13.2. The highest BCUT2D eigenvalue weighted by molar-refractivity contribution is 7.17. The van der Waals surface area contributed by atoms with Crippen LogP contribution in [0.5, 0.6) is 5.75 Å². The number of aromatic nitrogens is 2. The zero-order chi connectivity index (χ0) is 21.3. The van der Waals surface area contributed by atoms with Crippen molar-refractivity contribution in [3.8, 4) is 16.9 Å². The van der Waals surface area contributed by atoms with Crippen molar-refractivity contribution in [3.63, 3.8) is 0 Å². The van der Waals surface area contributed by atoms with Crippen molar-refractivity contribution in [2.45, 2.75) is 33.4 Å². The summed E-state index contributed by atoms with van der Waals surface area (Å²) in [4.78, 5) is 18.3. The lowest BCUT2D eigenvalue weighted by atomic mass is 10.0. The first kappa shape index (κ1) is 20.3. The van der Waals surface area contributed by atoms with E-state index in [1.807, 2.05) is 42.6 Å². The molecule has 5 nitrogen and oxygen atoms in total. The summed E-state index contributed by atoms with van der Waals surface area (Å²) in [7, 11) is 0. The fourth-order valence-electron chi connectivity index (χ4n) is 3.40. The Morgan fingerprint density at radius 2 is 1.97 bits per heavy atom. The lowest BCUT2D eigenvalue weighted by Crippen LogP contribution is -2.30. The van der Waals surface area contributed by atoms with E-state index in [1.54, 1.807) is 0 Å². The zero-order valence-electron chi connectivity index (χ0n) is 17.3. The number of nitrogens with zero attached hydrogens (tertiary/aromatic N) is 2. The van der Waals surface area contributed by atoms with Crippen LogP contribution in [0.3, 0.4) is 0 Å². The molecule has 1 unspecified atom stereocenters. The van der Waals surface area contributed by atoms with E-state index in [2.05, 4.69) is 31.0 Å². The normalized spacial score (nSPS) is 12.3. The van der Waals surface area contributed by atoms with Crippen molar-refractivity contribution in [1.82, 2.24) is 9.55 Å². The molecule has 2 heterocycles. The Kier molecular flexibility index (Phi) is 5.70. The van der Waals surface area contributed by atoms with Crippen LogP contribution in [0.1, 0.15) is 16.7 Å². The number of hydrogen-bond donors (Lipinski definition) is 1. The fraction of sp³-hybridized carbons (Fsp3) is 0.250. The van der Waals surface area contributed by atoms with Crippen molar-refractivity contribution >= 4 is 21.6 Å². The van der Waals surface area contributed by atoms with Crippen molar-refractivity contribution in [2.24, 2.45) is 0 Å². The maximum absolute atomic E-state index is 13.2. The Labute approximate surface area is 179 Å². The molecule has 4 aromatic rings. The fourth-order valence-corrected chi connectivity index (χ4v) is 4.30. The molecule has 0 spiro atoms. The largest absolute Gasteiger partial charge is 0.491 e. The standard InChI is InChI=1S/C24H24N2O3S/c1-15-5-4-6-20(9-15)29-12-19(27)11-26-14-25-23-22(24(26)28)21(13-30-23)18-8-7-16(2)17(3)10-18/h4-10,13-14,19,27H,11-12H2,1-3H3. The molecule has 0 aliphatic carbocycles. The van der Waals surface area contributed by atoms with Crippen LogP contribution in [-0.4, -0.2) is 27.4 Å². The molecular weight excluding hydrogens is 396 g/mol. The minimum Gasteiger partial charge on any atom is -0.491 e. The average molecular weight is 421 g/mol. The lowest BCUT2D eigenvalue weighted by molar-refractivity contribution is 0.0914. The molecular formula is C24H24N2O3S. The molecule has 2 aromatic heterocycles. The van der Waals surface area contributed by atoms with Gasteiger partial charge in [-0.2, -0.15) is 0 Å². The van der Waals surface area contributed by atoms with Gasteiger partial charge < -0.3 is 9.84 Å². The summed E-state index contributed by atoms with van der Waals surface area (Å²) in [6, 6.07) is 13.8. The number of ether oxygens (including phenoxy) is 1. The number of aliphatic hydroxyl groups is 1. The molecule has 0 radical (unpaired) electrons. The Morgan fingerprint density at radius 1 is 1.13 bits per heavy atom. The number of aryl methyl sites for hydroxylation is 3. The van der Waals surface area contributed by atoms with Gasteiger partial charge in [-0.3, -0.25) is 9.36 Å². The van der Waals surface area contributed by atoms with Gasteiger partial charge in [0, 0.05) is 10.9 Å². The maximum Gasteiger partial charge on any atom is 0.262 e. The summed E-state index contributed by atoms with van der Waals surface area (Å²) in [6.45, 7) is 6.34. The molecule has 1 atom stereocenters. The highest BCUT2D eigenvalue weighted by Gasteiger charge is 2.16. The summed E-state index contributed by atoms with van der Waals surface area (Å²) in [6.07, 6.45) is 0.674. The Morgan fingerprint density at radius 3 is 2.73 bits per heavy atom. The second-order valence-corrected chi connectivity index (χ2v) is 8.47. The first-order chi connectivity index (χ1) is 14.4. The molecule has 154 valence electrons. The first-order valence-corrected chi connectivity index (χ1v) is 10.7. The van der Waals surface area contributed by atoms with E-state index in [1.165, 1.54) is 33.4 Å². The Bertz CT molecular complexity index is 1260. The van der Waals surface area contributed by atoms with Gasteiger partial charge in [-0.25, -0.2) is 4.98 Å². The van der Waals surface area contributed by atoms with Crippen LogP contribution in [0.25, 0.3) is 21.3 Å². The predicted octanol–water partition coefficient (Wildman–Crippen LogP) is 4.49. The minimum absolute atomic E-state index is 0.0988. The number of rotatable bonds is 6. The third kappa shape index (κ3) is 4.15. The van der Waals surface area contributed by atoms with Crippen LogP contribution >= 0.6 is 11.3 Å². The number of thiophene rings is 1. The molecule has 2 aromatic carbocycles. The zero-order valence-corrected chi connectivity index (χ0v) is 18.1. The van der Waals surface area contributed by atoms with E-state index in [0.29, 0.717) is 16.0 Å². The van der Waals surface area contributed by atoms with Gasteiger partial charge in [0.2, 0.25) is 0 Å². The third-order valence-electron chi connectivity index (χ3n) is 5.22. The van der Waals surface area contributed by atoms with Crippen molar-refractivity contribution in [3.05, 3.63) is 81.2 Å². The first-order valence-electron chi connectivity index (χ1n) is 9.84. The SMILES string of the molecule is Cc1cccc(OCC(O)Cn2cnc3scc(-c4ccc(C)c(C)c4)c3c2=O)c1. The van der Waals surface area contributed by atoms with E-state index >= 15 is 0 Å². The quantitative estimate of drug-likeness (QED) is 0.499. The molecule has 0 amide bonds. The van der Waals surface area contributed by atoms with Gasteiger partial charge in [0.25, 0.3) is 5.56 Å². The van der Waals surface area contributed by atoms with Crippen LogP contribution in [0.2, 0.25) is 0 Å². The van der Waals surface area contributed by atoms with Crippen molar-refractivity contribution < 1.29 is 9.84 Å².